The molecule has 0 spiro atoms. The number of alkyl halides is 3. The molecule has 0 aliphatic rings. The van der Waals surface area contributed by atoms with Crippen LogP contribution in [0.5, 0.6) is 0 Å². The number of nitrogens with one attached hydrogen (secondary N) is 1. The predicted octanol–water partition coefficient (Wildman–Crippen LogP) is 5.85. The second-order valence-corrected chi connectivity index (χ2v) is 7.59. The molecule has 2 heterocycles. The van der Waals surface area contributed by atoms with Gasteiger partial charge in [-0.05, 0) is 37.1 Å². The first-order valence-corrected chi connectivity index (χ1v) is 9.80. The van der Waals surface area contributed by atoms with Gasteiger partial charge in [-0.1, -0.05) is 42.0 Å². The summed E-state index contributed by atoms with van der Waals surface area (Å²) in [4.78, 5) is 12.9. The van der Waals surface area contributed by atoms with Crippen LogP contribution in [0.2, 0.25) is 0 Å². The third-order valence-corrected chi connectivity index (χ3v) is 5.08. The number of furan rings is 1. The number of hydrogen-bond donors (Lipinski definition) is 1. The molecule has 2 aromatic carbocycles. The second-order valence-electron chi connectivity index (χ2n) is 7.59. The Morgan fingerprint density at radius 2 is 1.74 bits per heavy atom. The predicted molar refractivity (Wildman–Crippen MR) is 112 cm³/mol. The quantitative estimate of drug-likeness (QED) is 0.435. The van der Waals surface area contributed by atoms with E-state index in [1.807, 2.05) is 48.7 Å². The van der Waals surface area contributed by atoms with Crippen LogP contribution >= 0.6 is 0 Å². The van der Waals surface area contributed by atoms with Crippen molar-refractivity contribution in [1.29, 1.82) is 0 Å². The zero-order valence-corrected chi connectivity index (χ0v) is 17.1. The summed E-state index contributed by atoms with van der Waals surface area (Å²) in [5.74, 6) is 0.355. The number of hydrogen-bond acceptors (Lipinski definition) is 2. The van der Waals surface area contributed by atoms with Crippen molar-refractivity contribution in [2.24, 2.45) is 0 Å². The van der Waals surface area contributed by atoms with E-state index >= 15 is 0 Å². The second kappa shape index (κ2) is 7.98. The maximum Gasteiger partial charge on any atom is 0.416 e. The number of benzene rings is 2. The number of aromatic nitrogens is 1. The number of amides is 1. The van der Waals surface area contributed by atoms with E-state index in [0.717, 1.165) is 34.5 Å². The largest absolute Gasteiger partial charge is 0.460 e. The van der Waals surface area contributed by atoms with E-state index in [-0.39, 0.29) is 12.5 Å². The van der Waals surface area contributed by atoms with E-state index in [2.05, 4.69) is 5.32 Å². The van der Waals surface area contributed by atoms with Gasteiger partial charge in [0.15, 0.2) is 5.58 Å². The highest BCUT2D eigenvalue weighted by Gasteiger charge is 2.30. The molecule has 0 fully saturated rings. The van der Waals surface area contributed by atoms with E-state index in [9.17, 15) is 18.0 Å². The zero-order chi connectivity index (χ0) is 22.2. The minimum atomic E-state index is -4.43. The fraction of sp³-hybridized carbons (Fsp3) is 0.208. The fourth-order valence-corrected chi connectivity index (χ4v) is 3.65. The molecular weight excluding hydrogens is 405 g/mol. The summed E-state index contributed by atoms with van der Waals surface area (Å²) in [6.45, 7) is 4.29. The van der Waals surface area contributed by atoms with Gasteiger partial charge in [-0.25, -0.2) is 0 Å². The molecule has 0 bridgehead atoms. The van der Waals surface area contributed by atoms with Gasteiger partial charge in [0.2, 0.25) is 0 Å². The molecule has 4 rings (SSSR count). The lowest BCUT2D eigenvalue weighted by molar-refractivity contribution is -0.137. The highest BCUT2D eigenvalue weighted by atomic mass is 19.4. The molecule has 31 heavy (non-hydrogen) atoms. The highest BCUT2D eigenvalue weighted by Crippen LogP contribution is 2.29. The molecule has 2 aromatic heterocycles. The Balaban J connectivity index is 1.60. The summed E-state index contributed by atoms with van der Waals surface area (Å²) in [7, 11) is 0. The Bertz CT molecular complexity index is 1250. The van der Waals surface area contributed by atoms with Crippen molar-refractivity contribution in [1.82, 2.24) is 9.88 Å². The average molecular weight is 426 g/mol. The molecule has 4 nitrogen and oxygen atoms in total. The molecule has 0 atom stereocenters. The third kappa shape index (κ3) is 4.50. The van der Waals surface area contributed by atoms with Crippen molar-refractivity contribution in [3.05, 3.63) is 94.4 Å². The summed E-state index contributed by atoms with van der Waals surface area (Å²) in [6.07, 6.45) is -4.43. The molecule has 0 aliphatic heterocycles. The van der Waals surface area contributed by atoms with Crippen molar-refractivity contribution < 1.29 is 22.4 Å². The van der Waals surface area contributed by atoms with Crippen LogP contribution in [0.1, 0.15) is 38.5 Å². The summed E-state index contributed by atoms with van der Waals surface area (Å²) in [6, 6.07) is 16.5. The van der Waals surface area contributed by atoms with Gasteiger partial charge >= 0.3 is 6.18 Å². The molecule has 0 radical (unpaired) electrons. The molecule has 0 saturated carbocycles. The summed E-state index contributed by atoms with van der Waals surface area (Å²) >= 11 is 0. The maximum atomic E-state index is 12.9. The van der Waals surface area contributed by atoms with Gasteiger partial charge in [-0.15, -0.1) is 0 Å². The lowest BCUT2D eigenvalue weighted by Crippen LogP contribution is -2.25. The molecule has 0 saturated heterocycles. The van der Waals surface area contributed by atoms with Gasteiger partial charge in [-0.2, -0.15) is 13.2 Å². The Labute approximate surface area is 177 Å². The van der Waals surface area contributed by atoms with Gasteiger partial charge in [0.05, 0.1) is 11.1 Å². The van der Waals surface area contributed by atoms with Gasteiger partial charge in [-0.3, -0.25) is 4.79 Å². The lowest BCUT2D eigenvalue weighted by atomic mass is 10.1. The number of halogens is 3. The molecule has 1 amide bonds. The summed E-state index contributed by atoms with van der Waals surface area (Å²) < 4.78 is 46.4. The highest BCUT2D eigenvalue weighted by molar-refractivity contribution is 5.97. The number of aryl methyl sites for hydroxylation is 2. The minimum Gasteiger partial charge on any atom is -0.460 e. The fourth-order valence-electron chi connectivity index (χ4n) is 3.65. The number of carbonyl (C=O) groups is 1. The summed E-state index contributed by atoms with van der Waals surface area (Å²) in [5.41, 5.74) is 3.55. The van der Waals surface area contributed by atoms with Crippen LogP contribution < -0.4 is 5.32 Å². The van der Waals surface area contributed by atoms with E-state index in [1.54, 1.807) is 12.1 Å². The van der Waals surface area contributed by atoms with Crippen LogP contribution in [0.15, 0.2) is 65.1 Å². The number of nitrogens with zero attached hydrogens (tertiary/aromatic N) is 1. The maximum absolute atomic E-state index is 12.9. The van der Waals surface area contributed by atoms with Gasteiger partial charge < -0.3 is 14.3 Å². The van der Waals surface area contributed by atoms with Crippen LogP contribution in [0.3, 0.4) is 0 Å². The molecule has 7 heteroatoms. The first kappa shape index (κ1) is 20.8. The SMILES string of the molecule is Cc1cccc(Cn2c(C(=O)NCc3cccc(C(F)(F)F)c3)cc3oc(C)cc32)c1. The van der Waals surface area contributed by atoms with Gasteiger partial charge in [0, 0.05) is 25.2 Å². The lowest BCUT2D eigenvalue weighted by Gasteiger charge is -2.12. The Kier molecular flexibility index (Phi) is 5.35. The molecule has 0 aliphatic carbocycles. The van der Waals surface area contributed by atoms with Crippen molar-refractivity contribution in [2.75, 3.05) is 0 Å². The molecule has 160 valence electrons. The van der Waals surface area contributed by atoms with Crippen LogP contribution in [0, 0.1) is 13.8 Å². The monoisotopic (exact) mass is 426 g/mol. The zero-order valence-electron chi connectivity index (χ0n) is 17.1. The van der Waals surface area contributed by atoms with Crippen molar-refractivity contribution >= 4 is 17.0 Å². The number of carbonyl (C=O) groups excluding carboxylic acids is 1. The van der Waals surface area contributed by atoms with E-state index in [1.165, 1.54) is 6.07 Å². The molecule has 1 N–H and O–H groups in total. The van der Waals surface area contributed by atoms with Gasteiger partial charge in [0.1, 0.15) is 11.5 Å². The van der Waals surface area contributed by atoms with Crippen LogP contribution in [-0.4, -0.2) is 10.5 Å². The van der Waals surface area contributed by atoms with Crippen molar-refractivity contribution in [2.45, 2.75) is 33.1 Å². The van der Waals surface area contributed by atoms with E-state index in [0.29, 0.717) is 23.4 Å². The van der Waals surface area contributed by atoms with Crippen LogP contribution in [0.25, 0.3) is 11.1 Å². The normalized spacial score (nSPS) is 11.8. The molecular formula is C24H21F3N2O2. The molecule has 4 aromatic rings. The minimum absolute atomic E-state index is 0.0151. The Morgan fingerprint density at radius 3 is 2.48 bits per heavy atom. The third-order valence-electron chi connectivity index (χ3n) is 5.08. The standard InChI is InChI=1S/C24H21F3N2O2/c1-15-5-3-7-18(9-15)14-29-20-10-16(2)31-22(20)12-21(29)23(30)28-13-17-6-4-8-19(11-17)24(25,26)27/h3-12H,13-14H2,1-2H3,(H,28,30). The van der Waals surface area contributed by atoms with Crippen molar-refractivity contribution in [3.8, 4) is 0 Å². The topological polar surface area (TPSA) is 47.2 Å². The Morgan fingerprint density at radius 1 is 1.00 bits per heavy atom. The van der Waals surface area contributed by atoms with Gasteiger partial charge in [0.25, 0.3) is 5.91 Å². The van der Waals surface area contributed by atoms with Crippen LogP contribution in [-0.2, 0) is 19.3 Å². The first-order chi connectivity index (χ1) is 14.7. The average Bonchev–Trinajstić information content (AvgIpc) is 3.23. The van der Waals surface area contributed by atoms with Crippen LogP contribution in [0.4, 0.5) is 13.2 Å². The Hall–Kier alpha value is -3.48. The van der Waals surface area contributed by atoms with E-state index in [4.69, 9.17) is 4.42 Å². The van der Waals surface area contributed by atoms with E-state index < -0.39 is 11.7 Å². The summed E-state index contributed by atoms with van der Waals surface area (Å²) in [5, 5.41) is 2.73. The first-order valence-electron chi connectivity index (χ1n) is 9.80. The van der Waals surface area contributed by atoms with Crippen molar-refractivity contribution in [3.63, 3.8) is 0 Å². The number of rotatable bonds is 5. The smallest absolute Gasteiger partial charge is 0.416 e. The number of fused-ring (bicyclic) bond motifs is 1. The molecule has 0 unspecified atom stereocenters.